The van der Waals surface area contributed by atoms with Gasteiger partial charge in [0.15, 0.2) is 0 Å². The second-order valence-electron chi connectivity index (χ2n) is 7.38. The number of rotatable bonds is 4. The number of imidazole rings is 1. The zero-order chi connectivity index (χ0) is 22.2. The molecule has 0 unspecified atom stereocenters. The average Bonchev–Trinajstić information content (AvgIpc) is 3.45. The van der Waals surface area contributed by atoms with E-state index in [1.807, 2.05) is 22.9 Å². The predicted molar refractivity (Wildman–Crippen MR) is 110 cm³/mol. The predicted octanol–water partition coefficient (Wildman–Crippen LogP) is 0.301. The first-order valence-electron chi connectivity index (χ1n) is 10.0. The van der Waals surface area contributed by atoms with E-state index in [2.05, 4.69) is 10.3 Å². The normalized spacial score (nSPS) is 22.9. The van der Waals surface area contributed by atoms with Crippen molar-refractivity contribution in [2.75, 3.05) is 26.3 Å². The molecule has 31 heavy (non-hydrogen) atoms. The molecular weight excluding hydrogens is 404 g/mol. The number of carboxylic acid groups (broad SMARTS) is 1. The minimum Gasteiger partial charge on any atom is -0.483 e. The topological polar surface area (TPSA) is 134 Å². The van der Waals surface area contributed by atoms with Crippen molar-refractivity contribution >= 4 is 18.3 Å². The molecule has 10 heteroatoms. The monoisotopic (exact) mass is 430 g/mol. The molecule has 2 amide bonds. The Morgan fingerprint density at radius 1 is 1.16 bits per heavy atom. The van der Waals surface area contributed by atoms with E-state index in [1.54, 1.807) is 29.6 Å². The van der Waals surface area contributed by atoms with Gasteiger partial charge in [-0.15, -0.1) is 0 Å². The number of amides is 2. The zero-order valence-corrected chi connectivity index (χ0v) is 17.0. The van der Waals surface area contributed by atoms with Gasteiger partial charge in [-0.1, -0.05) is 0 Å². The molecule has 2 aliphatic rings. The fourth-order valence-corrected chi connectivity index (χ4v) is 3.86. The lowest BCUT2D eigenvalue weighted by Gasteiger charge is -2.29. The molecule has 3 atom stereocenters. The van der Waals surface area contributed by atoms with E-state index >= 15 is 0 Å². The molecular formula is C21H26N4O6. The number of aliphatic hydroxyl groups excluding tert-OH is 1. The Morgan fingerprint density at radius 2 is 1.84 bits per heavy atom. The van der Waals surface area contributed by atoms with Crippen LogP contribution in [0.2, 0.25) is 0 Å². The number of aromatic nitrogens is 2. The lowest BCUT2D eigenvalue weighted by atomic mass is 10.1. The van der Waals surface area contributed by atoms with Crippen LogP contribution in [0.15, 0.2) is 43.0 Å². The summed E-state index contributed by atoms with van der Waals surface area (Å²) in [7, 11) is 0. The molecule has 1 aromatic carbocycles. The van der Waals surface area contributed by atoms with Gasteiger partial charge in [-0.25, -0.2) is 4.98 Å². The molecule has 1 aliphatic carbocycles. The van der Waals surface area contributed by atoms with Gasteiger partial charge in [0.1, 0.15) is 0 Å². The Bertz CT molecular complexity index is 865. The van der Waals surface area contributed by atoms with E-state index in [9.17, 15) is 14.7 Å². The fraction of sp³-hybridized carbons (Fsp3) is 0.429. The summed E-state index contributed by atoms with van der Waals surface area (Å²) in [6.45, 7) is 2.03. The lowest BCUT2D eigenvalue weighted by molar-refractivity contribution is -0.139. The summed E-state index contributed by atoms with van der Waals surface area (Å²) in [6, 6.07) is 6.74. The first-order chi connectivity index (χ1) is 15.0. The quantitative estimate of drug-likeness (QED) is 0.594. The average molecular weight is 430 g/mol. The highest BCUT2D eigenvalue weighted by molar-refractivity contribution is 5.94. The maximum atomic E-state index is 12.6. The molecule has 1 saturated carbocycles. The van der Waals surface area contributed by atoms with Crippen molar-refractivity contribution in [2.45, 2.75) is 25.0 Å². The highest BCUT2D eigenvalue weighted by Crippen LogP contribution is 2.28. The summed E-state index contributed by atoms with van der Waals surface area (Å²) in [5.41, 5.74) is 1.42. The third-order valence-electron chi connectivity index (χ3n) is 5.45. The second-order valence-corrected chi connectivity index (χ2v) is 7.38. The molecule has 1 saturated heterocycles. The van der Waals surface area contributed by atoms with E-state index in [-0.39, 0.29) is 24.2 Å². The van der Waals surface area contributed by atoms with Crippen molar-refractivity contribution < 1.29 is 29.3 Å². The maximum absolute atomic E-state index is 12.6. The van der Waals surface area contributed by atoms with Crippen LogP contribution in [0.1, 0.15) is 23.2 Å². The first kappa shape index (κ1) is 22.4. The minimum absolute atomic E-state index is 0.0452. The molecule has 0 bridgehead atoms. The Morgan fingerprint density at radius 3 is 2.45 bits per heavy atom. The molecule has 166 valence electrons. The summed E-state index contributed by atoms with van der Waals surface area (Å²) in [5.74, 6) is -0.466. The molecule has 1 aliphatic heterocycles. The van der Waals surface area contributed by atoms with E-state index in [4.69, 9.17) is 14.6 Å². The Labute approximate surface area is 179 Å². The van der Waals surface area contributed by atoms with E-state index in [1.165, 1.54) is 0 Å². The van der Waals surface area contributed by atoms with Crippen LogP contribution >= 0.6 is 0 Å². The third kappa shape index (κ3) is 5.68. The highest BCUT2D eigenvalue weighted by atomic mass is 16.5. The summed E-state index contributed by atoms with van der Waals surface area (Å²) in [6.07, 6.45) is 5.32. The Balaban J connectivity index is 0.000000858. The number of aliphatic hydroxyl groups is 1. The van der Waals surface area contributed by atoms with Gasteiger partial charge in [0.05, 0.1) is 31.7 Å². The maximum Gasteiger partial charge on any atom is 0.290 e. The number of nitrogens with zero attached hydrogens (tertiary/aromatic N) is 3. The third-order valence-corrected chi connectivity index (χ3v) is 5.45. The summed E-state index contributed by atoms with van der Waals surface area (Å²) in [4.78, 5) is 39.4. The number of carbonyl (C=O) groups is 3. The van der Waals surface area contributed by atoms with Crippen LogP contribution in [0.4, 0.5) is 0 Å². The smallest absolute Gasteiger partial charge is 0.290 e. The van der Waals surface area contributed by atoms with Crippen LogP contribution in [-0.4, -0.2) is 81.4 Å². The molecule has 4 rings (SSSR count). The van der Waals surface area contributed by atoms with E-state index < -0.39 is 12.1 Å². The molecule has 1 aromatic heterocycles. The zero-order valence-electron chi connectivity index (χ0n) is 17.0. The van der Waals surface area contributed by atoms with Crippen LogP contribution in [0, 0.1) is 5.92 Å². The highest BCUT2D eigenvalue weighted by Gasteiger charge is 2.39. The van der Waals surface area contributed by atoms with Crippen molar-refractivity contribution in [1.29, 1.82) is 0 Å². The van der Waals surface area contributed by atoms with Crippen molar-refractivity contribution in [3.05, 3.63) is 48.5 Å². The van der Waals surface area contributed by atoms with Crippen molar-refractivity contribution in [3.8, 4) is 5.69 Å². The standard InChI is InChI=1S/C20H24N4O4.CH2O2/c25-18-12-15(20(27)23-7-9-28-10-8-23)11-17(18)22-19(26)14-1-3-16(4-2-14)24-6-5-21-13-24;2-1-3/h1-6,13,15,17-18,25H,7-12H2,(H,22,26);1H,(H,2,3)/t15-,17-,18-;/m0./s1. The first-order valence-corrected chi connectivity index (χ1v) is 10.0. The van der Waals surface area contributed by atoms with Crippen molar-refractivity contribution in [2.24, 2.45) is 5.92 Å². The summed E-state index contributed by atoms with van der Waals surface area (Å²) >= 11 is 0. The van der Waals surface area contributed by atoms with Gasteiger partial charge in [-0.3, -0.25) is 14.4 Å². The van der Waals surface area contributed by atoms with Gasteiger partial charge in [-0.2, -0.15) is 0 Å². The number of benzene rings is 1. The molecule has 2 heterocycles. The lowest BCUT2D eigenvalue weighted by Crippen LogP contribution is -2.43. The SMILES string of the molecule is O=C(N[C@H]1C[C@H](C(=O)N2CCOCC2)C[C@@H]1O)c1ccc(-n2ccnc2)cc1.O=CO. The molecule has 0 radical (unpaired) electrons. The summed E-state index contributed by atoms with van der Waals surface area (Å²) in [5, 5.41) is 20.1. The Hall–Kier alpha value is -3.24. The van der Waals surface area contributed by atoms with Crippen LogP contribution in [0.3, 0.4) is 0 Å². The van der Waals surface area contributed by atoms with Crippen molar-refractivity contribution in [3.63, 3.8) is 0 Å². The number of hydrogen-bond donors (Lipinski definition) is 3. The number of nitrogens with one attached hydrogen (secondary N) is 1. The number of carbonyl (C=O) groups excluding carboxylic acids is 2. The molecule has 10 nitrogen and oxygen atoms in total. The number of ether oxygens (including phenoxy) is 1. The largest absolute Gasteiger partial charge is 0.483 e. The Kier molecular flexibility index (Phi) is 7.74. The van der Waals surface area contributed by atoms with Gasteiger partial charge < -0.3 is 29.7 Å². The molecule has 0 spiro atoms. The van der Waals surface area contributed by atoms with E-state index in [0.29, 0.717) is 44.7 Å². The molecule has 2 aromatic rings. The summed E-state index contributed by atoms with van der Waals surface area (Å²) < 4.78 is 7.13. The van der Waals surface area contributed by atoms with Crippen LogP contribution in [0.25, 0.3) is 5.69 Å². The minimum atomic E-state index is -0.718. The molecule has 3 N–H and O–H groups in total. The van der Waals surface area contributed by atoms with Gasteiger partial charge in [0.25, 0.3) is 12.4 Å². The van der Waals surface area contributed by atoms with Crippen molar-refractivity contribution in [1.82, 2.24) is 19.8 Å². The van der Waals surface area contributed by atoms with Gasteiger partial charge in [0.2, 0.25) is 5.91 Å². The van der Waals surface area contributed by atoms with Gasteiger partial charge in [0, 0.05) is 42.7 Å². The number of morpholine rings is 1. The van der Waals surface area contributed by atoms with Crippen LogP contribution in [-0.2, 0) is 14.3 Å². The number of hydrogen-bond acceptors (Lipinski definition) is 6. The van der Waals surface area contributed by atoms with Crippen LogP contribution in [0.5, 0.6) is 0 Å². The second kappa shape index (κ2) is 10.7. The molecule has 2 fully saturated rings. The van der Waals surface area contributed by atoms with Gasteiger partial charge in [-0.05, 0) is 37.1 Å². The van der Waals surface area contributed by atoms with Crippen LogP contribution < -0.4 is 5.32 Å². The van der Waals surface area contributed by atoms with Gasteiger partial charge >= 0.3 is 0 Å². The fourth-order valence-electron chi connectivity index (χ4n) is 3.86. The van der Waals surface area contributed by atoms with E-state index in [0.717, 1.165) is 5.69 Å².